The molecule has 0 fully saturated rings. The van der Waals surface area contributed by atoms with E-state index < -0.39 is 7.81 Å². The monoisotopic (exact) mass is 513 g/mol. The Kier molecular flexibility index (Phi) is 9.44. The van der Waals surface area contributed by atoms with E-state index in [1.165, 1.54) is 0 Å². The molecule has 0 aromatic heterocycles. The summed E-state index contributed by atoms with van der Waals surface area (Å²) in [6, 6.07) is 17.0. The number of nitrogens with two attached hydrogens (primary N) is 1. The standard InChI is InChI=1S/C20H25N5O2.F6P/c1-22-19(27)17-9-5-8-16(12-17)14-25-20(21)23-11-10-18(26)24-13-15-6-3-2-4-7-15;1-7(2,3,4,5)6/h2-9,12H,10-11,13-14H2,1H3,(H,22,27)(H,24,26)(H3,21,23,25);/q;-1/p+1. The van der Waals surface area contributed by atoms with Gasteiger partial charge in [0.2, 0.25) is 5.91 Å². The second kappa shape index (κ2) is 11.2. The van der Waals surface area contributed by atoms with Gasteiger partial charge in [0.05, 0.1) is 19.5 Å². The summed E-state index contributed by atoms with van der Waals surface area (Å²) in [6.45, 7) is 1.42. The van der Waals surface area contributed by atoms with Crippen LogP contribution in [0.1, 0.15) is 27.9 Å². The Morgan fingerprint density at radius 3 is 2.09 bits per heavy atom. The first-order chi connectivity index (χ1) is 15.5. The zero-order chi connectivity index (χ0) is 25.9. The van der Waals surface area contributed by atoms with Crippen molar-refractivity contribution in [3.8, 4) is 0 Å². The third-order valence-electron chi connectivity index (χ3n) is 3.90. The number of amides is 2. The number of guanidine groups is 1. The van der Waals surface area contributed by atoms with Crippen molar-refractivity contribution in [1.82, 2.24) is 16.0 Å². The van der Waals surface area contributed by atoms with Gasteiger partial charge >= 0.3 is 38.9 Å². The van der Waals surface area contributed by atoms with Crippen LogP contribution in [0.5, 0.6) is 0 Å². The van der Waals surface area contributed by atoms with E-state index in [1.807, 2.05) is 42.5 Å². The molecule has 0 aliphatic heterocycles. The zero-order valence-electron chi connectivity index (χ0n) is 18.1. The fraction of sp³-hybridized carbons (Fsp3) is 0.250. The SMILES string of the molecule is CNC(=O)c1cccc(C[NH+]=C(N)NCCC(=O)NCc2ccccc2)c1.F[P-](F)(F)(F)(F)F. The van der Waals surface area contributed by atoms with Gasteiger partial charge in [-0.1, -0.05) is 42.5 Å². The van der Waals surface area contributed by atoms with Crippen molar-refractivity contribution in [2.24, 2.45) is 5.73 Å². The molecule has 0 saturated heterocycles. The van der Waals surface area contributed by atoms with Gasteiger partial charge in [0.25, 0.3) is 5.91 Å². The molecule has 7 nitrogen and oxygen atoms in total. The number of nitrogens with one attached hydrogen (secondary N) is 4. The first kappa shape index (κ1) is 28.7. The molecular formula is C20H26F6N5O2P. The first-order valence-corrected chi connectivity index (χ1v) is 11.8. The van der Waals surface area contributed by atoms with Crippen molar-refractivity contribution in [2.45, 2.75) is 19.5 Å². The van der Waals surface area contributed by atoms with E-state index in [1.54, 1.807) is 19.2 Å². The van der Waals surface area contributed by atoms with Crippen molar-refractivity contribution in [3.05, 3.63) is 71.3 Å². The van der Waals surface area contributed by atoms with Crippen LogP contribution in [0.4, 0.5) is 25.2 Å². The predicted octanol–water partition coefficient (Wildman–Crippen LogP) is 2.62. The van der Waals surface area contributed by atoms with Gasteiger partial charge in [0.1, 0.15) is 0 Å². The summed E-state index contributed by atoms with van der Waals surface area (Å²) in [5.41, 5.74) is 8.47. The van der Waals surface area contributed by atoms with Crippen LogP contribution in [0.3, 0.4) is 0 Å². The van der Waals surface area contributed by atoms with Crippen molar-refractivity contribution < 1.29 is 39.8 Å². The third-order valence-corrected chi connectivity index (χ3v) is 3.90. The summed E-state index contributed by atoms with van der Waals surface area (Å²) in [5.74, 6) is 0.210. The quantitative estimate of drug-likeness (QED) is 0.162. The van der Waals surface area contributed by atoms with Crippen LogP contribution >= 0.6 is 7.81 Å². The molecular weight excluding hydrogens is 487 g/mol. The van der Waals surface area contributed by atoms with Crippen molar-refractivity contribution in [2.75, 3.05) is 13.6 Å². The molecule has 2 rings (SSSR count). The molecule has 2 aromatic carbocycles. The normalized spacial score (nSPS) is 13.4. The summed E-state index contributed by atoms with van der Waals surface area (Å²) in [5, 5.41) is 8.43. The number of carbonyl (C=O) groups is 2. The van der Waals surface area contributed by atoms with E-state index >= 15 is 0 Å². The summed E-state index contributed by atoms with van der Waals surface area (Å²) in [4.78, 5) is 26.5. The molecule has 14 heteroatoms. The topological polar surface area (TPSA) is 110 Å². The molecule has 0 spiro atoms. The van der Waals surface area contributed by atoms with Crippen LogP contribution in [0.2, 0.25) is 0 Å². The molecule has 0 heterocycles. The summed E-state index contributed by atoms with van der Waals surface area (Å²) in [7, 11) is -9.06. The van der Waals surface area contributed by atoms with Gasteiger partial charge in [0.15, 0.2) is 0 Å². The van der Waals surface area contributed by atoms with E-state index in [0.29, 0.717) is 37.6 Å². The van der Waals surface area contributed by atoms with Crippen molar-refractivity contribution >= 4 is 25.6 Å². The Hall–Kier alpha value is -3.34. The van der Waals surface area contributed by atoms with Gasteiger partial charge in [0, 0.05) is 19.2 Å². The van der Waals surface area contributed by atoms with Crippen LogP contribution < -0.4 is 26.7 Å². The Balaban J connectivity index is 0.000000718. The number of hydrogen-bond donors (Lipinski definition) is 5. The Bertz CT molecular complexity index is 991. The van der Waals surface area contributed by atoms with Crippen molar-refractivity contribution in [1.29, 1.82) is 0 Å². The number of carbonyl (C=O) groups excluding carboxylic acids is 2. The van der Waals surface area contributed by atoms with E-state index in [4.69, 9.17) is 5.73 Å². The molecule has 0 bridgehead atoms. The minimum atomic E-state index is -10.7. The van der Waals surface area contributed by atoms with Gasteiger partial charge in [-0.25, -0.2) is 0 Å². The third kappa shape index (κ3) is 16.3. The maximum atomic E-state index is 11.8. The van der Waals surface area contributed by atoms with E-state index in [-0.39, 0.29) is 11.8 Å². The Morgan fingerprint density at radius 1 is 0.912 bits per heavy atom. The molecule has 0 unspecified atom stereocenters. The number of halogens is 6. The van der Waals surface area contributed by atoms with Crippen LogP contribution in [0.25, 0.3) is 0 Å². The number of rotatable bonds is 8. The van der Waals surface area contributed by atoms with E-state index in [9.17, 15) is 34.8 Å². The molecule has 6 N–H and O–H groups in total. The maximum absolute atomic E-state index is 11.8. The molecule has 0 atom stereocenters. The number of benzene rings is 2. The summed E-state index contributed by atoms with van der Waals surface area (Å²) >= 11 is 0. The second-order valence-corrected chi connectivity index (χ2v) is 8.86. The van der Waals surface area contributed by atoms with Crippen LogP contribution in [-0.4, -0.2) is 31.4 Å². The van der Waals surface area contributed by atoms with E-state index in [0.717, 1.165) is 11.1 Å². The van der Waals surface area contributed by atoms with Gasteiger partial charge in [-0.2, -0.15) is 0 Å². The summed E-state index contributed by atoms with van der Waals surface area (Å²) in [6.07, 6.45) is 0.321. The van der Waals surface area contributed by atoms with Crippen LogP contribution in [0.15, 0.2) is 54.6 Å². The molecule has 0 saturated carbocycles. The number of hydrogen-bond acceptors (Lipinski definition) is 2. The average Bonchev–Trinajstić information content (AvgIpc) is 2.74. The first-order valence-electron chi connectivity index (χ1n) is 9.81. The average molecular weight is 513 g/mol. The fourth-order valence-electron chi connectivity index (χ4n) is 2.42. The molecule has 0 aliphatic rings. The molecule has 0 radical (unpaired) electrons. The minimum absolute atomic E-state index is 0.0440. The molecule has 2 aromatic rings. The zero-order valence-corrected chi connectivity index (χ0v) is 19.0. The molecule has 0 aliphatic carbocycles. The Morgan fingerprint density at radius 2 is 1.50 bits per heavy atom. The summed E-state index contributed by atoms with van der Waals surface area (Å²) < 4.78 is 59.2. The molecule has 2 amide bonds. The van der Waals surface area contributed by atoms with Gasteiger partial charge in [-0.05, 0) is 23.3 Å². The van der Waals surface area contributed by atoms with E-state index in [2.05, 4.69) is 20.9 Å². The fourth-order valence-corrected chi connectivity index (χ4v) is 2.42. The second-order valence-electron chi connectivity index (χ2n) is 6.94. The van der Waals surface area contributed by atoms with Crippen LogP contribution in [0, 0.1) is 0 Å². The molecule has 190 valence electrons. The Labute approximate surface area is 192 Å². The van der Waals surface area contributed by atoms with Gasteiger partial charge in [-0.3, -0.25) is 25.6 Å². The van der Waals surface area contributed by atoms with Crippen LogP contribution in [-0.2, 0) is 17.9 Å². The molecule has 34 heavy (non-hydrogen) atoms. The van der Waals surface area contributed by atoms with Gasteiger partial charge < -0.3 is 10.6 Å². The van der Waals surface area contributed by atoms with Gasteiger partial charge in [-0.15, -0.1) is 0 Å². The van der Waals surface area contributed by atoms with Crippen molar-refractivity contribution in [3.63, 3.8) is 0 Å². The predicted molar refractivity (Wildman–Crippen MR) is 118 cm³/mol.